The first kappa shape index (κ1) is 12.8. The van der Waals surface area contributed by atoms with Gasteiger partial charge < -0.3 is 5.73 Å². The molecule has 1 unspecified atom stereocenters. The van der Waals surface area contributed by atoms with Crippen LogP contribution in [0, 0.1) is 5.92 Å². The summed E-state index contributed by atoms with van der Waals surface area (Å²) in [5.74, 6) is 0.724. The predicted molar refractivity (Wildman–Crippen MR) is 79.5 cm³/mol. The summed E-state index contributed by atoms with van der Waals surface area (Å²) in [5, 5.41) is 5.83. The van der Waals surface area contributed by atoms with Crippen molar-refractivity contribution >= 4 is 28.9 Å². The van der Waals surface area contributed by atoms with E-state index in [0.29, 0.717) is 27.5 Å². The Balaban J connectivity index is 2.02. The Morgan fingerprint density at radius 3 is 2.79 bits per heavy atom. The fraction of sp³-hybridized carbons (Fsp3) is 0.357. The second-order valence-electron chi connectivity index (χ2n) is 5.12. The fourth-order valence-corrected chi connectivity index (χ4v) is 2.68. The molecule has 0 amide bonds. The van der Waals surface area contributed by atoms with E-state index in [1.807, 2.05) is 10.9 Å². The largest absolute Gasteiger partial charge is 0.396 e. The van der Waals surface area contributed by atoms with Gasteiger partial charge in [-0.05, 0) is 43.9 Å². The van der Waals surface area contributed by atoms with Gasteiger partial charge in [0.05, 0.1) is 16.8 Å². The van der Waals surface area contributed by atoms with Crippen LogP contribution in [0.15, 0.2) is 24.4 Å². The van der Waals surface area contributed by atoms with Crippen molar-refractivity contribution < 1.29 is 0 Å². The second-order valence-corrected chi connectivity index (χ2v) is 5.96. The lowest BCUT2D eigenvalue weighted by Crippen LogP contribution is -2.07. The van der Waals surface area contributed by atoms with E-state index in [-0.39, 0.29) is 0 Å². The summed E-state index contributed by atoms with van der Waals surface area (Å²) in [6.07, 6.45) is 4.43. The number of nitrogens with zero attached hydrogens (tertiary/aromatic N) is 2. The van der Waals surface area contributed by atoms with Crippen molar-refractivity contribution in [3.63, 3.8) is 0 Å². The molecule has 2 aromatic rings. The highest BCUT2D eigenvalue weighted by atomic mass is 35.5. The van der Waals surface area contributed by atoms with Crippen LogP contribution in [0.3, 0.4) is 0 Å². The highest BCUT2D eigenvalue weighted by molar-refractivity contribution is 6.35. The van der Waals surface area contributed by atoms with Gasteiger partial charge in [0.25, 0.3) is 0 Å². The molecule has 1 aromatic carbocycles. The van der Waals surface area contributed by atoms with E-state index in [1.54, 1.807) is 18.2 Å². The number of hydrogen-bond acceptors (Lipinski definition) is 2. The SMILES string of the molecule is CC(C1CC1)n1cc(N)c(-c2cc(Cl)ccc2Cl)n1. The van der Waals surface area contributed by atoms with E-state index >= 15 is 0 Å². The Kier molecular flexibility index (Phi) is 3.19. The lowest BCUT2D eigenvalue weighted by molar-refractivity contribution is 0.441. The summed E-state index contributed by atoms with van der Waals surface area (Å²) >= 11 is 12.2. The minimum absolute atomic E-state index is 0.383. The summed E-state index contributed by atoms with van der Waals surface area (Å²) in [6.45, 7) is 2.17. The quantitative estimate of drug-likeness (QED) is 0.911. The van der Waals surface area contributed by atoms with E-state index in [4.69, 9.17) is 28.9 Å². The van der Waals surface area contributed by atoms with Gasteiger partial charge in [0.15, 0.2) is 0 Å². The maximum atomic E-state index is 6.20. The first-order valence-corrected chi connectivity index (χ1v) is 7.12. The lowest BCUT2D eigenvalue weighted by atomic mass is 10.1. The van der Waals surface area contributed by atoms with Gasteiger partial charge in [0, 0.05) is 16.8 Å². The first-order chi connectivity index (χ1) is 9.06. The first-order valence-electron chi connectivity index (χ1n) is 6.36. The molecule has 1 atom stereocenters. The Bertz CT molecular complexity index is 617. The van der Waals surface area contributed by atoms with Crippen LogP contribution in [-0.4, -0.2) is 9.78 Å². The van der Waals surface area contributed by atoms with Crippen LogP contribution >= 0.6 is 23.2 Å². The summed E-state index contributed by atoms with van der Waals surface area (Å²) in [7, 11) is 0. The lowest BCUT2D eigenvalue weighted by Gasteiger charge is -2.10. The molecule has 5 heteroatoms. The molecule has 3 nitrogen and oxygen atoms in total. The standard InChI is InChI=1S/C14H15Cl2N3/c1-8(9-2-3-9)19-7-13(17)14(18-19)11-6-10(15)4-5-12(11)16/h4-9H,2-3,17H2,1H3. The second kappa shape index (κ2) is 4.73. The van der Waals surface area contributed by atoms with Crippen molar-refractivity contribution in [1.29, 1.82) is 0 Å². The third kappa shape index (κ3) is 2.45. The van der Waals surface area contributed by atoms with Crippen LogP contribution in [0.2, 0.25) is 10.0 Å². The summed E-state index contributed by atoms with van der Waals surface area (Å²) in [5.41, 5.74) is 8.20. The van der Waals surface area contributed by atoms with Crippen molar-refractivity contribution in [3.05, 3.63) is 34.4 Å². The van der Waals surface area contributed by atoms with Crippen LogP contribution in [0.1, 0.15) is 25.8 Å². The van der Waals surface area contributed by atoms with Crippen LogP contribution in [0.4, 0.5) is 5.69 Å². The van der Waals surface area contributed by atoms with Gasteiger partial charge in [-0.25, -0.2) is 0 Å². The molecule has 3 rings (SSSR count). The molecule has 0 aliphatic heterocycles. The van der Waals surface area contributed by atoms with Gasteiger partial charge in [-0.2, -0.15) is 5.10 Å². The van der Waals surface area contributed by atoms with Crippen LogP contribution in [0.25, 0.3) is 11.3 Å². The molecule has 1 aliphatic rings. The molecule has 100 valence electrons. The van der Waals surface area contributed by atoms with Crippen LogP contribution < -0.4 is 5.73 Å². The van der Waals surface area contributed by atoms with E-state index in [2.05, 4.69) is 12.0 Å². The Labute approximate surface area is 122 Å². The number of aromatic nitrogens is 2. The van der Waals surface area contributed by atoms with Crippen molar-refractivity contribution in [1.82, 2.24) is 9.78 Å². The zero-order chi connectivity index (χ0) is 13.6. The summed E-state index contributed by atoms with van der Waals surface area (Å²) < 4.78 is 1.94. The van der Waals surface area contributed by atoms with E-state index < -0.39 is 0 Å². The summed E-state index contributed by atoms with van der Waals surface area (Å²) in [6, 6.07) is 5.71. The topological polar surface area (TPSA) is 43.8 Å². The molecule has 1 aromatic heterocycles. The van der Waals surface area contributed by atoms with Gasteiger partial charge in [-0.15, -0.1) is 0 Å². The number of hydrogen-bond donors (Lipinski definition) is 1. The molecule has 19 heavy (non-hydrogen) atoms. The minimum Gasteiger partial charge on any atom is -0.396 e. The van der Waals surface area contributed by atoms with E-state index in [9.17, 15) is 0 Å². The van der Waals surface area contributed by atoms with Gasteiger partial charge in [-0.1, -0.05) is 23.2 Å². The third-order valence-corrected chi connectivity index (χ3v) is 4.23. The van der Waals surface area contributed by atoms with Gasteiger partial charge in [0.1, 0.15) is 5.69 Å². The van der Waals surface area contributed by atoms with Crippen LogP contribution in [-0.2, 0) is 0 Å². The zero-order valence-electron chi connectivity index (χ0n) is 10.6. The highest BCUT2D eigenvalue weighted by Crippen LogP contribution is 2.40. The molecule has 2 N–H and O–H groups in total. The number of halogens is 2. The highest BCUT2D eigenvalue weighted by Gasteiger charge is 2.30. The van der Waals surface area contributed by atoms with Crippen molar-refractivity contribution in [2.45, 2.75) is 25.8 Å². The van der Waals surface area contributed by atoms with Crippen molar-refractivity contribution in [2.75, 3.05) is 5.73 Å². The average molecular weight is 296 g/mol. The summed E-state index contributed by atoms with van der Waals surface area (Å²) in [4.78, 5) is 0. The number of nitrogen functional groups attached to an aromatic ring is 1. The molecule has 1 aliphatic carbocycles. The smallest absolute Gasteiger partial charge is 0.117 e. The fourth-order valence-electron chi connectivity index (χ4n) is 2.30. The normalized spacial score (nSPS) is 16.6. The third-order valence-electron chi connectivity index (χ3n) is 3.67. The average Bonchev–Trinajstić information content (AvgIpc) is 3.15. The maximum absolute atomic E-state index is 6.20. The number of rotatable bonds is 3. The zero-order valence-corrected chi connectivity index (χ0v) is 12.1. The molecule has 1 heterocycles. The molecular formula is C14H15Cl2N3. The molecule has 1 saturated carbocycles. The Hall–Kier alpha value is -1.19. The predicted octanol–water partition coefficient (Wildman–Crippen LogP) is 4.41. The molecule has 0 radical (unpaired) electrons. The molecule has 0 spiro atoms. The molecule has 0 bridgehead atoms. The molecule has 1 fully saturated rings. The molecule has 0 saturated heterocycles. The Morgan fingerprint density at radius 1 is 1.37 bits per heavy atom. The Morgan fingerprint density at radius 2 is 2.11 bits per heavy atom. The van der Waals surface area contributed by atoms with Crippen molar-refractivity contribution in [3.8, 4) is 11.3 Å². The minimum atomic E-state index is 0.383. The van der Waals surface area contributed by atoms with E-state index in [1.165, 1.54) is 12.8 Å². The number of benzene rings is 1. The van der Waals surface area contributed by atoms with Gasteiger partial charge in [0.2, 0.25) is 0 Å². The van der Waals surface area contributed by atoms with E-state index in [0.717, 1.165) is 11.5 Å². The maximum Gasteiger partial charge on any atom is 0.117 e. The number of anilines is 1. The van der Waals surface area contributed by atoms with Gasteiger partial charge in [-0.3, -0.25) is 4.68 Å². The number of nitrogens with two attached hydrogens (primary N) is 1. The van der Waals surface area contributed by atoms with Crippen LogP contribution in [0.5, 0.6) is 0 Å². The monoisotopic (exact) mass is 295 g/mol. The van der Waals surface area contributed by atoms with Crippen molar-refractivity contribution in [2.24, 2.45) is 5.92 Å². The van der Waals surface area contributed by atoms with Gasteiger partial charge >= 0.3 is 0 Å². The molecular weight excluding hydrogens is 281 g/mol.